The van der Waals surface area contributed by atoms with E-state index < -0.39 is 0 Å². The van der Waals surface area contributed by atoms with Crippen LogP contribution in [-0.4, -0.2) is 37.1 Å². The number of halogens is 1. The normalized spacial score (nSPS) is 23.9. The lowest BCUT2D eigenvalue weighted by Crippen LogP contribution is -2.38. The molecule has 0 spiro atoms. The fourth-order valence-electron chi connectivity index (χ4n) is 3.12. The Morgan fingerprint density at radius 3 is 2.62 bits per heavy atom. The predicted octanol–water partition coefficient (Wildman–Crippen LogP) is 3.15. The molecule has 6 heteroatoms. The van der Waals surface area contributed by atoms with E-state index in [1.807, 2.05) is 13.2 Å². The zero-order chi connectivity index (χ0) is 16.1. The molecule has 1 aromatic heterocycles. The molecule has 0 bridgehead atoms. The van der Waals surface area contributed by atoms with E-state index in [1.54, 1.807) is 0 Å². The van der Waals surface area contributed by atoms with Crippen molar-refractivity contribution >= 4 is 35.8 Å². The van der Waals surface area contributed by atoms with Gasteiger partial charge in [0, 0.05) is 38.9 Å². The number of anilines is 1. The van der Waals surface area contributed by atoms with Crippen LogP contribution in [0.5, 0.6) is 0 Å². The van der Waals surface area contributed by atoms with Gasteiger partial charge in [-0.15, -0.1) is 24.0 Å². The van der Waals surface area contributed by atoms with Crippen molar-refractivity contribution < 1.29 is 0 Å². The standard InChI is InChI=1S/C18H29N5.HI/c1-14-11-16(14)22-18(19-2)21-13-15-7-8-20-17(12-15)23-9-5-3-4-6-10-23;/h7-8,12,14,16H,3-6,9-11,13H2,1-2H3,(H2,19,21,22);1H. The van der Waals surface area contributed by atoms with Crippen molar-refractivity contribution in [3.8, 4) is 0 Å². The second-order valence-electron chi connectivity index (χ2n) is 6.81. The Bertz CT molecular complexity index is 540. The molecule has 1 saturated carbocycles. The molecule has 1 saturated heterocycles. The molecule has 2 heterocycles. The minimum atomic E-state index is 0. The SMILES string of the molecule is CN=C(NCc1ccnc(N2CCCCCC2)c1)NC1CC1C.I. The fraction of sp³-hybridized carbons (Fsp3) is 0.667. The number of hydrogen-bond acceptors (Lipinski definition) is 3. The Labute approximate surface area is 162 Å². The summed E-state index contributed by atoms with van der Waals surface area (Å²) in [6.07, 6.45) is 8.42. The molecule has 2 unspecified atom stereocenters. The Balaban J connectivity index is 0.00000208. The summed E-state index contributed by atoms with van der Waals surface area (Å²) < 4.78 is 0. The molecular formula is C18H30IN5. The number of aromatic nitrogens is 1. The first kappa shape index (κ1) is 19.3. The van der Waals surface area contributed by atoms with Crippen molar-refractivity contribution in [1.29, 1.82) is 0 Å². The van der Waals surface area contributed by atoms with Crippen molar-refractivity contribution in [3.05, 3.63) is 23.9 Å². The molecule has 2 aliphatic rings. The first-order valence-electron chi connectivity index (χ1n) is 8.93. The lowest BCUT2D eigenvalue weighted by molar-refractivity contribution is 0.726. The quantitative estimate of drug-likeness (QED) is 0.427. The van der Waals surface area contributed by atoms with Crippen molar-refractivity contribution in [2.45, 2.75) is 51.6 Å². The Kier molecular flexibility index (Phi) is 7.58. The van der Waals surface area contributed by atoms with Crippen LogP contribution in [0.3, 0.4) is 0 Å². The van der Waals surface area contributed by atoms with Gasteiger partial charge in [0.25, 0.3) is 0 Å². The number of guanidine groups is 1. The highest BCUT2D eigenvalue weighted by Crippen LogP contribution is 2.28. The largest absolute Gasteiger partial charge is 0.357 e. The van der Waals surface area contributed by atoms with E-state index in [0.717, 1.165) is 37.3 Å². The van der Waals surface area contributed by atoms with Gasteiger partial charge in [0.1, 0.15) is 5.82 Å². The summed E-state index contributed by atoms with van der Waals surface area (Å²) in [7, 11) is 1.83. The molecule has 2 atom stereocenters. The topological polar surface area (TPSA) is 52.6 Å². The highest BCUT2D eigenvalue weighted by atomic mass is 127. The molecule has 3 rings (SSSR count). The van der Waals surface area contributed by atoms with Crippen LogP contribution in [0.4, 0.5) is 5.82 Å². The summed E-state index contributed by atoms with van der Waals surface area (Å²) in [4.78, 5) is 11.3. The minimum absolute atomic E-state index is 0. The maximum Gasteiger partial charge on any atom is 0.191 e. The second-order valence-corrected chi connectivity index (χ2v) is 6.81. The number of hydrogen-bond donors (Lipinski definition) is 2. The number of pyridine rings is 1. The summed E-state index contributed by atoms with van der Waals surface area (Å²) in [6.45, 7) is 5.31. The molecule has 0 amide bonds. The first-order valence-corrected chi connectivity index (χ1v) is 8.93. The Morgan fingerprint density at radius 1 is 1.29 bits per heavy atom. The van der Waals surface area contributed by atoms with Crippen molar-refractivity contribution in [2.24, 2.45) is 10.9 Å². The van der Waals surface area contributed by atoms with Gasteiger partial charge >= 0.3 is 0 Å². The van der Waals surface area contributed by atoms with Crippen LogP contribution in [0.25, 0.3) is 0 Å². The van der Waals surface area contributed by atoms with Gasteiger partial charge < -0.3 is 15.5 Å². The number of nitrogens with zero attached hydrogens (tertiary/aromatic N) is 3. The van der Waals surface area contributed by atoms with E-state index >= 15 is 0 Å². The van der Waals surface area contributed by atoms with E-state index in [2.05, 4.69) is 44.6 Å². The molecule has 1 aliphatic heterocycles. The number of rotatable bonds is 4. The molecule has 1 aliphatic carbocycles. The van der Waals surface area contributed by atoms with Crippen molar-refractivity contribution in [2.75, 3.05) is 25.0 Å². The van der Waals surface area contributed by atoms with Crippen LogP contribution in [0.2, 0.25) is 0 Å². The van der Waals surface area contributed by atoms with Crippen LogP contribution in [0.15, 0.2) is 23.3 Å². The van der Waals surface area contributed by atoms with Crippen LogP contribution in [0.1, 0.15) is 44.6 Å². The fourth-order valence-corrected chi connectivity index (χ4v) is 3.12. The third-order valence-corrected chi connectivity index (χ3v) is 4.86. The summed E-state index contributed by atoms with van der Waals surface area (Å²) >= 11 is 0. The summed E-state index contributed by atoms with van der Waals surface area (Å²) in [6, 6.07) is 4.89. The number of aliphatic imine (C=N–C) groups is 1. The summed E-state index contributed by atoms with van der Waals surface area (Å²) in [5.74, 6) is 2.78. The minimum Gasteiger partial charge on any atom is -0.357 e. The van der Waals surface area contributed by atoms with Crippen LogP contribution < -0.4 is 15.5 Å². The maximum absolute atomic E-state index is 4.57. The molecular weight excluding hydrogens is 413 g/mol. The van der Waals surface area contributed by atoms with Gasteiger partial charge in [-0.25, -0.2) is 4.98 Å². The lowest BCUT2D eigenvalue weighted by atomic mass is 10.2. The first-order chi connectivity index (χ1) is 11.3. The lowest BCUT2D eigenvalue weighted by Gasteiger charge is -2.22. The monoisotopic (exact) mass is 443 g/mol. The van der Waals surface area contributed by atoms with Gasteiger partial charge in [0.05, 0.1) is 0 Å². The third kappa shape index (κ3) is 5.50. The number of nitrogens with one attached hydrogen (secondary N) is 2. The predicted molar refractivity (Wildman–Crippen MR) is 111 cm³/mol. The Morgan fingerprint density at radius 2 is 2.00 bits per heavy atom. The highest BCUT2D eigenvalue weighted by Gasteiger charge is 2.33. The molecule has 0 radical (unpaired) electrons. The van der Waals surface area contributed by atoms with Gasteiger partial charge in [-0.2, -0.15) is 0 Å². The van der Waals surface area contributed by atoms with E-state index in [9.17, 15) is 0 Å². The molecule has 2 N–H and O–H groups in total. The smallest absolute Gasteiger partial charge is 0.191 e. The third-order valence-electron chi connectivity index (χ3n) is 4.86. The zero-order valence-corrected chi connectivity index (χ0v) is 17.1. The summed E-state index contributed by atoms with van der Waals surface area (Å²) in [5.41, 5.74) is 1.26. The van der Waals surface area contributed by atoms with Gasteiger partial charge in [0.2, 0.25) is 0 Å². The van der Waals surface area contributed by atoms with Gasteiger partial charge in [0.15, 0.2) is 5.96 Å². The zero-order valence-electron chi connectivity index (χ0n) is 14.8. The average Bonchev–Trinajstić information content (AvgIpc) is 3.33. The maximum atomic E-state index is 4.57. The van der Waals surface area contributed by atoms with Gasteiger partial charge in [-0.1, -0.05) is 19.8 Å². The van der Waals surface area contributed by atoms with Crippen LogP contribution in [0, 0.1) is 5.92 Å². The van der Waals surface area contributed by atoms with E-state index in [-0.39, 0.29) is 24.0 Å². The van der Waals surface area contributed by atoms with E-state index in [0.29, 0.717) is 6.04 Å². The van der Waals surface area contributed by atoms with Crippen LogP contribution >= 0.6 is 24.0 Å². The molecule has 0 aromatic carbocycles. The average molecular weight is 443 g/mol. The molecule has 134 valence electrons. The molecule has 5 nitrogen and oxygen atoms in total. The van der Waals surface area contributed by atoms with Crippen molar-refractivity contribution in [1.82, 2.24) is 15.6 Å². The second kappa shape index (κ2) is 9.44. The highest BCUT2D eigenvalue weighted by molar-refractivity contribution is 14.0. The van der Waals surface area contributed by atoms with Crippen molar-refractivity contribution in [3.63, 3.8) is 0 Å². The van der Waals surface area contributed by atoms with E-state index in [4.69, 9.17) is 0 Å². The van der Waals surface area contributed by atoms with E-state index in [1.165, 1.54) is 37.7 Å². The molecule has 1 aromatic rings. The Hall–Kier alpha value is -1.05. The molecule has 24 heavy (non-hydrogen) atoms. The van der Waals surface area contributed by atoms with Gasteiger partial charge in [-0.05, 0) is 42.9 Å². The summed E-state index contributed by atoms with van der Waals surface area (Å²) in [5, 5.41) is 6.87. The molecule has 2 fully saturated rings. The van der Waals surface area contributed by atoms with Gasteiger partial charge in [-0.3, -0.25) is 4.99 Å². The van der Waals surface area contributed by atoms with Crippen LogP contribution in [-0.2, 0) is 6.54 Å².